The van der Waals surface area contributed by atoms with Crippen LogP contribution < -0.4 is 4.98 Å². The van der Waals surface area contributed by atoms with E-state index >= 15 is 0 Å². The number of rotatable bonds is 6. The highest BCUT2D eigenvalue weighted by Crippen LogP contribution is 1.98. The number of nitrogens with one attached hydrogen (secondary N) is 1. The molecule has 0 aromatic heterocycles. The third kappa shape index (κ3) is 4.56. The van der Waals surface area contributed by atoms with E-state index in [2.05, 4.69) is 37.2 Å². The van der Waals surface area contributed by atoms with Crippen LogP contribution in [0.25, 0.3) is 0 Å². The highest BCUT2D eigenvalue weighted by Gasteiger charge is 2.07. The summed E-state index contributed by atoms with van der Waals surface area (Å²) in [6, 6.07) is 0.769. The highest BCUT2D eigenvalue weighted by molar-refractivity contribution is 6.28. The first kappa shape index (κ1) is 11.1. The van der Waals surface area contributed by atoms with Crippen LogP contribution in [0.5, 0.6) is 0 Å². The van der Waals surface area contributed by atoms with Crippen molar-refractivity contribution in [3.8, 4) is 0 Å². The molecule has 0 aromatic carbocycles. The van der Waals surface area contributed by atoms with Gasteiger partial charge in [0.25, 0.3) is 0 Å². The van der Waals surface area contributed by atoms with E-state index in [0.717, 1.165) is 12.6 Å². The van der Waals surface area contributed by atoms with Crippen molar-refractivity contribution in [2.75, 3.05) is 13.1 Å². The summed E-state index contributed by atoms with van der Waals surface area (Å²) in [6.07, 6.45) is 1.27. The van der Waals surface area contributed by atoms with E-state index in [1.165, 1.54) is 13.0 Å². The maximum atomic E-state index is 3.48. The summed E-state index contributed by atoms with van der Waals surface area (Å²) in [5.41, 5.74) is 0. The first-order valence-electron chi connectivity index (χ1n) is 4.70. The van der Waals surface area contributed by atoms with Gasteiger partial charge in [0.15, 0.2) is 9.84 Å². The summed E-state index contributed by atoms with van der Waals surface area (Å²) < 4.78 is 2.59. The summed E-state index contributed by atoms with van der Waals surface area (Å²) >= 11 is 0. The Bertz CT molecular complexity index is 88.2. The van der Waals surface area contributed by atoms with E-state index in [0.29, 0.717) is 0 Å². The molecule has 0 saturated heterocycles. The van der Waals surface area contributed by atoms with Crippen LogP contribution in [0.2, 0.25) is 0 Å². The fourth-order valence-electron chi connectivity index (χ4n) is 1.09. The molecular formula is C8H22N2Si. The lowest BCUT2D eigenvalue weighted by Crippen LogP contribution is -2.43. The Morgan fingerprint density at radius 1 is 1.36 bits per heavy atom. The molecule has 0 spiro atoms. The fraction of sp³-hybridized carbons (Fsp3) is 1.00. The van der Waals surface area contributed by atoms with Gasteiger partial charge in [0, 0.05) is 6.04 Å². The minimum absolute atomic E-state index is 0.150. The molecule has 0 aromatic rings. The molecule has 0 aliphatic carbocycles. The Kier molecular flexibility index (Phi) is 6.91. The zero-order valence-corrected chi connectivity index (χ0v) is 9.77. The molecule has 1 unspecified atom stereocenters. The summed E-state index contributed by atoms with van der Waals surface area (Å²) in [6.45, 7) is 11.3. The van der Waals surface area contributed by atoms with E-state index in [-0.39, 0.29) is 9.84 Å². The normalized spacial score (nSPS) is 15.0. The summed E-state index contributed by atoms with van der Waals surface area (Å²) in [4.78, 5) is 3.48. The molecular weight excluding hydrogens is 152 g/mol. The van der Waals surface area contributed by atoms with Crippen molar-refractivity contribution in [3.63, 3.8) is 0 Å². The van der Waals surface area contributed by atoms with E-state index in [1.807, 2.05) is 0 Å². The van der Waals surface area contributed by atoms with E-state index in [4.69, 9.17) is 0 Å². The quantitative estimate of drug-likeness (QED) is 0.597. The van der Waals surface area contributed by atoms with Crippen molar-refractivity contribution in [1.82, 2.24) is 9.55 Å². The first-order chi connectivity index (χ1) is 5.26. The molecule has 11 heavy (non-hydrogen) atoms. The molecule has 0 radical (unpaired) electrons. The number of hydrogen-bond donors (Lipinski definition) is 1. The molecule has 0 aliphatic heterocycles. The molecule has 0 bridgehead atoms. The Hall–Kier alpha value is 0.137. The zero-order valence-electron chi connectivity index (χ0n) is 8.35. The molecule has 0 aliphatic rings. The van der Waals surface area contributed by atoms with Gasteiger partial charge in [0.2, 0.25) is 0 Å². The molecule has 1 atom stereocenters. The molecule has 3 heteroatoms. The van der Waals surface area contributed by atoms with Crippen molar-refractivity contribution >= 4 is 9.84 Å². The molecule has 0 amide bonds. The van der Waals surface area contributed by atoms with E-state index in [1.54, 1.807) is 0 Å². The maximum Gasteiger partial charge on any atom is 0.170 e. The topological polar surface area (TPSA) is 15.3 Å². The maximum absolute atomic E-state index is 3.48. The Morgan fingerprint density at radius 3 is 2.36 bits per heavy atom. The van der Waals surface area contributed by atoms with Gasteiger partial charge < -0.3 is 9.55 Å². The minimum Gasteiger partial charge on any atom is -0.331 e. The molecule has 1 N–H and O–H groups in total. The first-order valence-corrected chi connectivity index (χ1v) is 6.04. The van der Waals surface area contributed by atoms with Gasteiger partial charge in [0.1, 0.15) is 0 Å². The van der Waals surface area contributed by atoms with Gasteiger partial charge >= 0.3 is 0 Å². The Balaban J connectivity index is 3.56. The van der Waals surface area contributed by atoms with Crippen LogP contribution in [-0.4, -0.2) is 33.5 Å². The third-order valence-electron chi connectivity index (χ3n) is 2.19. The monoisotopic (exact) mass is 174 g/mol. The Labute approximate surface area is 73.3 Å². The van der Waals surface area contributed by atoms with Crippen LogP contribution in [0.3, 0.4) is 0 Å². The van der Waals surface area contributed by atoms with Crippen molar-refractivity contribution < 1.29 is 0 Å². The van der Waals surface area contributed by atoms with Crippen LogP contribution in [0.1, 0.15) is 34.1 Å². The van der Waals surface area contributed by atoms with Crippen molar-refractivity contribution in [3.05, 3.63) is 0 Å². The van der Waals surface area contributed by atoms with Gasteiger partial charge in [-0.15, -0.1) is 0 Å². The number of nitrogens with zero attached hydrogens (tertiary/aromatic N) is 1. The molecule has 0 fully saturated rings. The second-order valence-corrected chi connectivity index (χ2v) is 4.55. The van der Waals surface area contributed by atoms with Gasteiger partial charge in [-0.05, 0) is 19.5 Å². The molecule has 0 heterocycles. The highest BCUT2D eigenvalue weighted by atomic mass is 28.2. The van der Waals surface area contributed by atoms with Crippen molar-refractivity contribution in [2.24, 2.45) is 0 Å². The standard InChI is InChI=1S/C8H22N2Si/c1-5-8(4)10(7-3)11-9-6-2/h8-9H,5-7,11H2,1-4H3. The minimum atomic E-state index is -0.150. The lowest BCUT2D eigenvalue weighted by Gasteiger charge is -2.26. The zero-order chi connectivity index (χ0) is 8.69. The van der Waals surface area contributed by atoms with Gasteiger partial charge in [-0.25, -0.2) is 0 Å². The second-order valence-electron chi connectivity index (χ2n) is 2.92. The van der Waals surface area contributed by atoms with Gasteiger partial charge in [-0.3, -0.25) is 0 Å². The number of hydrogen-bond acceptors (Lipinski definition) is 2. The molecule has 0 saturated carbocycles. The lowest BCUT2D eigenvalue weighted by atomic mass is 10.3. The second kappa shape index (κ2) is 6.82. The van der Waals surface area contributed by atoms with Gasteiger partial charge in [-0.1, -0.05) is 27.7 Å². The lowest BCUT2D eigenvalue weighted by molar-refractivity contribution is 0.352. The third-order valence-corrected chi connectivity index (χ3v) is 4.39. The van der Waals surface area contributed by atoms with Crippen LogP contribution in [0, 0.1) is 0 Å². The van der Waals surface area contributed by atoms with Crippen molar-refractivity contribution in [1.29, 1.82) is 0 Å². The van der Waals surface area contributed by atoms with Crippen LogP contribution in [0.15, 0.2) is 0 Å². The molecule has 2 nitrogen and oxygen atoms in total. The summed E-state index contributed by atoms with van der Waals surface area (Å²) in [5.74, 6) is 0. The van der Waals surface area contributed by atoms with Gasteiger partial charge in [0.05, 0.1) is 0 Å². The fourth-order valence-corrected chi connectivity index (χ4v) is 2.40. The average molecular weight is 174 g/mol. The van der Waals surface area contributed by atoms with Crippen molar-refractivity contribution in [2.45, 2.75) is 40.2 Å². The Morgan fingerprint density at radius 2 is 2.00 bits per heavy atom. The predicted octanol–water partition coefficient (Wildman–Crippen LogP) is 0.715. The van der Waals surface area contributed by atoms with E-state index < -0.39 is 0 Å². The van der Waals surface area contributed by atoms with Gasteiger partial charge in [-0.2, -0.15) is 0 Å². The SMILES string of the molecule is CCN[SiH2]N(CC)C(C)CC. The smallest absolute Gasteiger partial charge is 0.170 e. The molecule has 68 valence electrons. The van der Waals surface area contributed by atoms with Crippen LogP contribution >= 0.6 is 0 Å². The van der Waals surface area contributed by atoms with E-state index in [9.17, 15) is 0 Å². The molecule has 0 rings (SSSR count). The van der Waals surface area contributed by atoms with Crippen LogP contribution in [-0.2, 0) is 0 Å². The summed E-state index contributed by atoms with van der Waals surface area (Å²) in [5, 5.41) is 0. The predicted molar refractivity (Wildman–Crippen MR) is 54.4 cm³/mol. The average Bonchev–Trinajstić information content (AvgIpc) is 2.05. The van der Waals surface area contributed by atoms with Crippen LogP contribution in [0.4, 0.5) is 0 Å². The summed E-state index contributed by atoms with van der Waals surface area (Å²) in [7, 11) is -0.150. The largest absolute Gasteiger partial charge is 0.331 e.